The molecule has 0 aromatic carbocycles. The Kier molecular flexibility index (Phi) is 14.4. The van der Waals surface area contributed by atoms with Crippen LogP contribution in [0.2, 0.25) is 0 Å². The molecule has 1 N–H and O–H groups in total. The molecule has 0 fully saturated rings. The summed E-state index contributed by atoms with van der Waals surface area (Å²) < 4.78 is 5.20. The van der Waals surface area contributed by atoms with E-state index in [2.05, 4.69) is 18.8 Å². The third kappa shape index (κ3) is 11.6. The van der Waals surface area contributed by atoms with E-state index in [9.17, 15) is 4.79 Å². The zero-order valence-corrected chi connectivity index (χ0v) is 17.5. The summed E-state index contributed by atoms with van der Waals surface area (Å²) >= 11 is 0. The van der Waals surface area contributed by atoms with Crippen molar-refractivity contribution in [3.8, 4) is 0 Å². The Bertz CT molecular complexity index is 463. The second-order valence-corrected chi connectivity index (χ2v) is 7.92. The van der Waals surface area contributed by atoms with Crippen LogP contribution in [-0.4, -0.2) is 4.98 Å². The lowest BCUT2D eigenvalue weighted by Crippen LogP contribution is -1.97. The zero-order valence-electron chi connectivity index (χ0n) is 17.5. The van der Waals surface area contributed by atoms with Gasteiger partial charge in [0.2, 0.25) is 0 Å². The molecule has 0 saturated heterocycles. The Labute approximate surface area is 161 Å². The van der Waals surface area contributed by atoms with Gasteiger partial charge in [0.15, 0.2) is 0 Å². The Morgan fingerprint density at radius 3 is 1.62 bits per heavy atom. The minimum absolute atomic E-state index is 0.324. The second kappa shape index (κ2) is 16.2. The Hall–Kier alpha value is -0.990. The van der Waals surface area contributed by atoms with Crippen LogP contribution in [0.3, 0.4) is 0 Å². The summed E-state index contributed by atoms with van der Waals surface area (Å²) in [6.45, 7) is 4.45. The zero-order chi connectivity index (χ0) is 18.9. The molecule has 0 spiro atoms. The van der Waals surface area contributed by atoms with Crippen molar-refractivity contribution < 1.29 is 4.42 Å². The molecule has 1 unspecified atom stereocenters. The Balaban J connectivity index is 1.84. The minimum Gasteiger partial charge on any atom is -0.413 e. The van der Waals surface area contributed by atoms with Crippen molar-refractivity contribution in [3.05, 3.63) is 22.5 Å². The van der Waals surface area contributed by atoms with Crippen LogP contribution in [-0.2, 0) is 0 Å². The summed E-state index contributed by atoms with van der Waals surface area (Å²) in [5.41, 5.74) is 0. The van der Waals surface area contributed by atoms with Gasteiger partial charge in [-0.05, 0) is 12.8 Å². The van der Waals surface area contributed by atoms with E-state index in [1.165, 1.54) is 96.3 Å². The summed E-state index contributed by atoms with van der Waals surface area (Å²) in [5.74, 6) is 0.911. The monoisotopic (exact) mass is 365 g/mol. The Morgan fingerprint density at radius 2 is 1.23 bits per heavy atom. The van der Waals surface area contributed by atoms with Gasteiger partial charge in [0, 0.05) is 12.1 Å². The number of hydrogen-bond acceptors (Lipinski definition) is 2. The maximum Gasteiger partial charge on any atom is 0.416 e. The summed E-state index contributed by atoms with van der Waals surface area (Å²) in [5, 5.41) is 0. The first kappa shape index (κ1) is 23.0. The molecule has 0 saturated carbocycles. The smallest absolute Gasteiger partial charge is 0.413 e. The van der Waals surface area contributed by atoms with Gasteiger partial charge >= 0.3 is 5.76 Å². The number of unbranched alkanes of at least 4 members (excludes halogenated alkanes) is 14. The molecular weight excluding hydrogens is 322 g/mol. The molecule has 0 aliphatic heterocycles. The summed E-state index contributed by atoms with van der Waals surface area (Å²) in [4.78, 5) is 13.7. The van der Waals surface area contributed by atoms with Crippen molar-refractivity contribution in [1.29, 1.82) is 0 Å². The summed E-state index contributed by atoms with van der Waals surface area (Å²) in [7, 11) is 0. The summed E-state index contributed by atoms with van der Waals surface area (Å²) in [6.07, 6.45) is 24.9. The van der Waals surface area contributed by atoms with Gasteiger partial charge in [-0.1, -0.05) is 110 Å². The highest BCUT2D eigenvalue weighted by Crippen LogP contribution is 2.24. The van der Waals surface area contributed by atoms with Gasteiger partial charge in [-0.2, -0.15) is 0 Å². The second-order valence-electron chi connectivity index (χ2n) is 7.92. The van der Waals surface area contributed by atoms with Crippen LogP contribution in [0.15, 0.2) is 15.4 Å². The number of rotatable bonds is 18. The molecule has 3 heteroatoms. The Morgan fingerprint density at radius 1 is 0.769 bits per heavy atom. The van der Waals surface area contributed by atoms with E-state index < -0.39 is 0 Å². The topological polar surface area (TPSA) is 46.0 Å². The first-order valence-electron chi connectivity index (χ1n) is 11.5. The van der Waals surface area contributed by atoms with Crippen molar-refractivity contribution in [2.75, 3.05) is 0 Å². The molecule has 1 atom stereocenters. The van der Waals surface area contributed by atoms with Gasteiger partial charge < -0.3 is 4.42 Å². The molecule has 26 heavy (non-hydrogen) atoms. The fourth-order valence-corrected chi connectivity index (χ4v) is 3.81. The van der Waals surface area contributed by atoms with Crippen molar-refractivity contribution >= 4 is 0 Å². The molecule has 0 bridgehead atoms. The maximum atomic E-state index is 11.1. The average molecular weight is 366 g/mol. The molecule has 0 aliphatic carbocycles. The van der Waals surface area contributed by atoms with Crippen molar-refractivity contribution in [2.45, 2.75) is 129 Å². The molecule has 3 nitrogen and oxygen atoms in total. The standard InChI is InChI=1S/C23H43NO2/c1-3-5-6-7-8-9-10-11-12-13-14-15-16-17-18-19-21(4-2)22-20-24-23(25)26-22/h20-21H,3-19H2,1-2H3,(H,24,25). The number of aromatic nitrogens is 1. The van der Waals surface area contributed by atoms with Gasteiger partial charge in [-0.3, -0.25) is 4.98 Å². The molecule has 1 rings (SSSR count). The van der Waals surface area contributed by atoms with Gasteiger partial charge in [-0.15, -0.1) is 0 Å². The van der Waals surface area contributed by atoms with Crippen LogP contribution in [0, 0.1) is 0 Å². The molecule has 1 heterocycles. The average Bonchev–Trinajstić information content (AvgIpc) is 3.07. The third-order valence-electron chi connectivity index (χ3n) is 5.59. The number of nitrogens with one attached hydrogen (secondary N) is 1. The van der Waals surface area contributed by atoms with Crippen LogP contribution >= 0.6 is 0 Å². The fraction of sp³-hybridized carbons (Fsp3) is 0.870. The highest BCUT2D eigenvalue weighted by Gasteiger charge is 2.13. The lowest BCUT2D eigenvalue weighted by atomic mass is 9.96. The predicted octanol–water partition coefficient (Wildman–Crippen LogP) is 7.72. The lowest BCUT2D eigenvalue weighted by Gasteiger charge is -2.10. The van der Waals surface area contributed by atoms with E-state index in [-0.39, 0.29) is 5.76 Å². The van der Waals surface area contributed by atoms with E-state index in [0.717, 1.165) is 18.6 Å². The molecular formula is C23H43NO2. The maximum absolute atomic E-state index is 11.1. The SMILES string of the molecule is CCCCCCCCCCCCCCCCCC(CC)c1c[nH]c(=O)o1. The molecule has 0 aliphatic rings. The van der Waals surface area contributed by atoms with Crippen molar-refractivity contribution in [2.24, 2.45) is 0 Å². The van der Waals surface area contributed by atoms with Crippen LogP contribution in [0.5, 0.6) is 0 Å². The first-order chi connectivity index (χ1) is 12.8. The highest BCUT2D eigenvalue weighted by molar-refractivity contribution is 4.98. The highest BCUT2D eigenvalue weighted by atomic mass is 16.4. The van der Waals surface area contributed by atoms with Gasteiger partial charge in [-0.25, -0.2) is 4.79 Å². The fourth-order valence-electron chi connectivity index (χ4n) is 3.81. The molecule has 1 aromatic rings. The molecule has 1 aromatic heterocycles. The van der Waals surface area contributed by atoms with E-state index in [1.807, 2.05) is 0 Å². The normalized spacial score (nSPS) is 12.5. The third-order valence-corrected chi connectivity index (χ3v) is 5.59. The number of oxazole rings is 1. The van der Waals surface area contributed by atoms with Crippen LogP contribution in [0.25, 0.3) is 0 Å². The largest absolute Gasteiger partial charge is 0.416 e. The number of hydrogen-bond donors (Lipinski definition) is 1. The van der Waals surface area contributed by atoms with Crippen LogP contribution in [0.1, 0.15) is 135 Å². The van der Waals surface area contributed by atoms with E-state index in [0.29, 0.717) is 5.92 Å². The van der Waals surface area contributed by atoms with Crippen LogP contribution in [0.4, 0.5) is 0 Å². The van der Waals surface area contributed by atoms with Gasteiger partial charge in [0.1, 0.15) is 5.76 Å². The summed E-state index contributed by atoms with van der Waals surface area (Å²) in [6, 6.07) is 0. The van der Waals surface area contributed by atoms with Crippen LogP contribution < -0.4 is 5.76 Å². The predicted molar refractivity (Wildman–Crippen MR) is 112 cm³/mol. The van der Waals surface area contributed by atoms with Gasteiger partial charge in [0.05, 0.1) is 0 Å². The van der Waals surface area contributed by atoms with E-state index >= 15 is 0 Å². The van der Waals surface area contributed by atoms with E-state index in [1.54, 1.807) is 6.20 Å². The van der Waals surface area contributed by atoms with E-state index in [4.69, 9.17) is 4.42 Å². The van der Waals surface area contributed by atoms with Gasteiger partial charge in [0.25, 0.3) is 0 Å². The molecule has 0 amide bonds. The quantitative estimate of drug-likeness (QED) is 0.271. The lowest BCUT2D eigenvalue weighted by molar-refractivity contribution is 0.404. The number of H-pyrrole nitrogens is 1. The number of aromatic amines is 1. The van der Waals surface area contributed by atoms with Crippen molar-refractivity contribution in [1.82, 2.24) is 4.98 Å². The molecule has 0 radical (unpaired) electrons. The first-order valence-corrected chi connectivity index (χ1v) is 11.5. The van der Waals surface area contributed by atoms with Crippen molar-refractivity contribution in [3.63, 3.8) is 0 Å². The minimum atomic E-state index is -0.324. The molecule has 152 valence electrons.